The van der Waals surface area contributed by atoms with Crippen LogP contribution in [0.3, 0.4) is 0 Å². The Morgan fingerprint density at radius 1 is 0.439 bits per heavy atom. The summed E-state index contributed by atoms with van der Waals surface area (Å²) in [6.07, 6.45) is 63.9. The lowest BCUT2D eigenvalue weighted by Crippen LogP contribution is -2.46. The molecule has 0 rings (SSSR count). The highest BCUT2D eigenvalue weighted by molar-refractivity contribution is 5.77. The first-order valence-corrected chi connectivity index (χ1v) is 29.6. The molecule has 0 aliphatic carbocycles. The van der Waals surface area contributed by atoms with E-state index < -0.39 is 18.2 Å². The maximum absolute atomic E-state index is 13.3. The highest BCUT2D eigenvalue weighted by Crippen LogP contribution is 2.19. The van der Waals surface area contributed by atoms with E-state index in [4.69, 9.17) is 4.74 Å². The Morgan fingerprint density at radius 2 is 0.773 bits per heavy atom. The number of aliphatic hydroxyl groups excluding tert-OH is 2. The third-order valence-corrected chi connectivity index (χ3v) is 13.8. The van der Waals surface area contributed by atoms with E-state index in [0.717, 1.165) is 64.2 Å². The SMILES string of the molecule is CCCCC/C=C\C/C=C\CCCCCCCCCC(CC(=O)NC(CO)C(O)CCCCCCCCCCCCCC)OC(=O)CCCCCCCCCCCCCCCCCCCC. The zero-order valence-electron chi connectivity index (χ0n) is 44.6. The van der Waals surface area contributed by atoms with Crippen molar-refractivity contribution in [3.63, 3.8) is 0 Å². The standard InChI is InChI=1S/C60H115NO5/c1-4-7-10-13-16-19-22-25-27-29-31-33-35-38-41-44-47-50-53-60(65)66-56(51-48-45-42-39-36-34-32-30-28-26-23-20-17-14-11-8-5-2)54-59(64)61-57(55-62)58(63)52-49-46-43-40-37-24-21-18-15-12-9-6-3/h17,20,26,28,56-58,62-63H,4-16,18-19,21-25,27,29-55H2,1-3H3,(H,61,64)/b20-17-,28-26-. The molecule has 0 saturated carbocycles. The van der Waals surface area contributed by atoms with Gasteiger partial charge in [0.2, 0.25) is 5.91 Å². The number of ether oxygens (including phenoxy) is 1. The fourth-order valence-corrected chi connectivity index (χ4v) is 9.29. The van der Waals surface area contributed by atoms with Crippen molar-refractivity contribution in [2.45, 2.75) is 341 Å². The summed E-state index contributed by atoms with van der Waals surface area (Å²) in [5.74, 6) is -0.460. The Bertz CT molecular complexity index is 1040. The fraction of sp³-hybridized carbons (Fsp3) is 0.900. The van der Waals surface area contributed by atoms with Gasteiger partial charge in [0.25, 0.3) is 0 Å². The highest BCUT2D eigenvalue weighted by atomic mass is 16.5. The first-order chi connectivity index (χ1) is 32.5. The number of aliphatic hydroxyl groups is 2. The molecule has 1 amide bonds. The van der Waals surface area contributed by atoms with Crippen LogP contribution in [-0.4, -0.2) is 46.9 Å². The lowest BCUT2D eigenvalue weighted by Gasteiger charge is -2.24. The van der Waals surface area contributed by atoms with Crippen LogP contribution in [0.2, 0.25) is 0 Å². The van der Waals surface area contributed by atoms with Gasteiger partial charge in [-0.2, -0.15) is 0 Å². The number of carbonyl (C=O) groups excluding carboxylic acids is 2. The van der Waals surface area contributed by atoms with Gasteiger partial charge < -0.3 is 20.3 Å². The molecular weight excluding hydrogens is 815 g/mol. The molecule has 66 heavy (non-hydrogen) atoms. The summed E-state index contributed by atoms with van der Waals surface area (Å²) < 4.78 is 5.97. The maximum Gasteiger partial charge on any atom is 0.306 e. The zero-order chi connectivity index (χ0) is 48.1. The van der Waals surface area contributed by atoms with Crippen LogP contribution >= 0.6 is 0 Å². The second-order valence-electron chi connectivity index (χ2n) is 20.4. The van der Waals surface area contributed by atoms with Crippen molar-refractivity contribution >= 4 is 11.9 Å². The van der Waals surface area contributed by atoms with Crippen LogP contribution in [0.15, 0.2) is 24.3 Å². The molecule has 6 heteroatoms. The Balaban J connectivity index is 4.52. The van der Waals surface area contributed by atoms with Crippen molar-refractivity contribution in [3.8, 4) is 0 Å². The maximum atomic E-state index is 13.3. The van der Waals surface area contributed by atoms with Crippen molar-refractivity contribution < 1.29 is 24.5 Å². The second-order valence-corrected chi connectivity index (χ2v) is 20.4. The fourth-order valence-electron chi connectivity index (χ4n) is 9.29. The predicted octanol–water partition coefficient (Wildman–Crippen LogP) is 18.2. The summed E-state index contributed by atoms with van der Waals surface area (Å²) in [6.45, 7) is 6.50. The molecule has 6 nitrogen and oxygen atoms in total. The molecule has 0 radical (unpaired) electrons. The van der Waals surface area contributed by atoms with E-state index >= 15 is 0 Å². The van der Waals surface area contributed by atoms with E-state index in [2.05, 4.69) is 50.4 Å². The highest BCUT2D eigenvalue weighted by Gasteiger charge is 2.24. The van der Waals surface area contributed by atoms with Gasteiger partial charge in [-0.1, -0.05) is 276 Å². The first-order valence-electron chi connectivity index (χ1n) is 29.6. The van der Waals surface area contributed by atoms with E-state index in [9.17, 15) is 19.8 Å². The zero-order valence-corrected chi connectivity index (χ0v) is 44.6. The molecular formula is C60H115NO5. The average molecular weight is 931 g/mol. The molecule has 0 aromatic heterocycles. The summed E-state index contributed by atoms with van der Waals surface area (Å²) >= 11 is 0. The van der Waals surface area contributed by atoms with Gasteiger partial charge in [-0.05, 0) is 57.8 Å². The number of rotatable bonds is 54. The summed E-state index contributed by atoms with van der Waals surface area (Å²) in [7, 11) is 0. The van der Waals surface area contributed by atoms with Crippen LogP contribution in [0, 0.1) is 0 Å². The first kappa shape index (κ1) is 64.3. The molecule has 3 atom stereocenters. The number of nitrogens with one attached hydrogen (secondary N) is 1. The van der Waals surface area contributed by atoms with Gasteiger partial charge in [0, 0.05) is 6.42 Å². The van der Waals surface area contributed by atoms with Crippen LogP contribution in [0.4, 0.5) is 0 Å². The number of hydrogen-bond donors (Lipinski definition) is 3. The normalized spacial score (nSPS) is 13.2. The van der Waals surface area contributed by atoms with Gasteiger partial charge in [-0.15, -0.1) is 0 Å². The topological polar surface area (TPSA) is 95.9 Å². The summed E-state index contributed by atoms with van der Waals surface area (Å²) in [5, 5.41) is 23.9. The van der Waals surface area contributed by atoms with Gasteiger partial charge in [0.05, 0.1) is 25.2 Å². The van der Waals surface area contributed by atoms with Crippen LogP contribution in [0.25, 0.3) is 0 Å². The van der Waals surface area contributed by atoms with E-state index in [1.807, 2.05) is 0 Å². The molecule has 0 bridgehead atoms. The minimum absolute atomic E-state index is 0.0782. The third-order valence-electron chi connectivity index (χ3n) is 13.8. The number of hydrogen-bond acceptors (Lipinski definition) is 5. The summed E-state index contributed by atoms with van der Waals surface area (Å²) in [4.78, 5) is 26.3. The Morgan fingerprint density at radius 3 is 1.18 bits per heavy atom. The van der Waals surface area contributed by atoms with E-state index in [1.165, 1.54) is 212 Å². The average Bonchev–Trinajstić information content (AvgIpc) is 3.31. The number of allylic oxidation sites excluding steroid dienone is 4. The van der Waals surface area contributed by atoms with Crippen molar-refractivity contribution in [2.75, 3.05) is 6.61 Å². The van der Waals surface area contributed by atoms with Crippen LogP contribution in [0.1, 0.15) is 323 Å². The second kappa shape index (κ2) is 54.3. The number of esters is 1. The Kier molecular flexibility index (Phi) is 52.9. The van der Waals surface area contributed by atoms with Crippen molar-refractivity contribution in [1.82, 2.24) is 5.32 Å². The molecule has 390 valence electrons. The minimum Gasteiger partial charge on any atom is -0.462 e. The van der Waals surface area contributed by atoms with Gasteiger partial charge in [-0.3, -0.25) is 9.59 Å². The molecule has 0 aromatic rings. The molecule has 3 N–H and O–H groups in total. The van der Waals surface area contributed by atoms with Crippen molar-refractivity contribution in [2.24, 2.45) is 0 Å². The lowest BCUT2D eigenvalue weighted by molar-refractivity contribution is -0.151. The number of carbonyl (C=O) groups is 2. The van der Waals surface area contributed by atoms with E-state index in [0.29, 0.717) is 19.3 Å². The molecule has 0 aliphatic rings. The van der Waals surface area contributed by atoms with Gasteiger partial charge in [-0.25, -0.2) is 0 Å². The summed E-state index contributed by atoms with van der Waals surface area (Å²) in [6, 6.07) is -0.700. The Labute approximate surface area is 411 Å². The van der Waals surface area contributed by atoms with E-state index in [1.54, 1.807) is 0 Å². The van der Waals surface area contributed by atoms with Crippen molar-refractivity contribution in [3.05, 3.63) is 24.3 Å². The number of unbranched alkanes of at least 4 members (excludes halogenated alkanes) is 38. The van der Waals surface area contributed by atoms with Crippen LogP contribution in [0.5, 0.6) is 0 Å². The Hall–Kier alpha value is -1.66. The smallest absolute Gasteiger partial charge is 0.306 e. The van der Waals surface area contributed by atoms with Crippen LogP contribution < -0.4 is 5.32 Å². The van der Waals surface area contributed by atoms with Gasteiger partial charge >= 0.3 is 5.97 Å². The quantitative estimate of drug-likeness (QED) is 0.0321. The van der Waals surface area contributed by atoms with E-state index in [-0.39, 0.29) is 24.9 Å². The lowest BCUT2D eigenvalue weighted by atomic mass is 10.0. The predicted molar refractivity (Wildman–Crippen MR) is 287 cm³/mol. The van der Waals surface area contributed by atoms with Gasteiger partial charge in [0.15, 0.2) is 0 Å². The monoisotopic (exact) mass is 930 g/mol. The van der Waals surface area contributed by atoms with Crippen molar-refractivity contribution in [1.29, 1.82) is 0 Å². The largest absolute Gasteiger partial charge is 0.462 e. The molecule has 0 aromatic carbocycles. The minimum atomic E-state index is -0.786. The molecule has 0 spiro atoms. The molecule has 0 heterocycles. The van der Waals surface area contributed by atoms with Crippen LogP contribution in [-0.2, 0) is 14.3 Å². The molecule has 0 fully saturated rings. The molecule has 0 saturated heterocycles. The summed E-state index contributed by atoms with van der Waals surface area (Å²) in [5.41, 5.74) is 0. The molecule has 3 unspecified atom stereocenters. The third kappa shape index (κ3) is 48.8. The number of amides is 1. The molecule has 0 aliphatic heterocycles. The van der Waals surface area contributed by atoms with Gasteiger partial charge in [0.1, 0.15) is 6.10 Å².